The number of hydrogen-bond acceptors (Lipinski definition) is 4. The number of ether oxygens (including phenoxy) is 1. The number of hydrogen-bond donors (Lipinski definition) is 0. The van der Waals surface area contributed by atoms with Crippen molar-refractivity contribution in [3.63, 3.8) is 0 Å². The lowest BCUT2D eigenvalue weighted by molar-refractivity contribution is 0.00260. The van der Waals surface area contributed by atoms with E-state index in [9.17, 15) is 4.79 Å². The Morgan fingerprint density at radius 2 is 2.24 bits per heavy atom. The molecule has 5 heteroatoms. The second-order valence-corrected chi connectivity index (χ2v) is 9.63. The Hall–Kier alpha value is -0.910. The van der Waals surface area contributed by atoms with Crippen LogP contribution in [0.1, 0.15) is 46.5 Å². The third-order valence-electron chi connectivity index (χ3n) is 6.94. The summed E-state index contributed by atoms with van der Waals surface area (Å²) < 4.78 is 6.49. The number of nitrogens with zero attached hydrogens (tertiary/aromatic N) is 2. The Kier molecular flexibility index (Phi) is 3.77. The maximum atomic E-state index is 13.3. The molecule has 4 heterocycles. The average Bonchev–Trinajstić information content (AvgIpc) is 3.33. The van der Waals surface area contributed by atoms with Crippen molar-refractivity contribution in [3.8, 4) is 0 Å². The van der Waals surface area contributed by atoms with Crippen LogP contribution in [0.2, 0.25) is 0 Å². The summed E-state index contributed by atoms with van der Waals surface area (Å²) in [4.78, 5) is 18.7. The number of carbonyl (C=O) groups is 1. The Bertz CT molecular complexity index is 700. The lowest BCUT2D eigenvalue weighted by Gasteiger charge is -2.30. The SMILES string of the molecule is CN(C)C[C@H]1[C@H]2CN(C(=O)c3scc4c3CCCC4)C[C@]23CC[C@H]1O3. The van der Waals surface area contributed by atoms with Crippen molar-refractivity contribution in [2.24, 2.45) is 11.8 Å². The zero-order valence-electron chi connectivity index (χ0n) is 15.3. The smallest absolute Gasteiger partial charge is 0.264 e. The van der Waals surface area contributed by atoms with Crippen LogP contribution < -0.4 is 0 Å². The first kappa shape index (κ1) is 16.3. The lowest BCUT2D eigenvalue weighted by atomic mass is 9.73. The van der Waals surface area contributed by atoms with Crippen LogP contribution in [0.4, 0.5) is 0 Å². The molecule has 25 heavy (non-hydrogen) atoms. The molecule has 0 N–H and O–H groups in total. The van der Waals surface area contributed by atoms with Gasteiger partial charge in [0.25, 0.3) is 5.91 Å². The fourth-order valence-corrected chi connectivity index (χ4v) is 6.98. The zero-order valence-corrected chi connectivity index (χ0v) is 16.1. The van der Waals surface area contributed by atoms with Crippen molar-refractivity contribution < 1.29 is 9.53 Å². The van der Waals surface area contributed by atoms with Crippen molar-refractivity contribution in [2.75, 3.05) is 33.7 Å². The highest BCUT2D eigenvalue weighted by atomic mass is 32.1. The topological polar surface area (TPSA) is 32.8 Å². The van der Waals surface area contributed by atoms with Crippen molar-refractivity contribution in [3.05, 3.63) is 21.4 Å². The highest BCUT2D eigenvalue weighted by molar-refractivity contribution is 7.12. The summed E-state index contributed by atoms with van der Waals surface area (Å²) in [5.41, 5.74) is 2.74. The first-order valence-electron chi connectivity index (χ1n) is 9.78. The summed E-state index contributed by atoms with van der Waals surface area (Å²) in [6.07, 6.45) is 7.47. The molecule has 4 aliphatic rings. The molecule has 1 amide bonds. The molecule has 1 aromatic heterocycles. The Morgan fingerprint density at radius 1 is 1.40 bits per heavy atom. The van der Waals surface area contributed by atoms with Gasteiger partial charge in [0.05, 0.1) is 23.1 Å². The Labute approximate surface area is 154 Å². The van der Waals surface area contributed by atoms with Crippen molar-refractivity contribution in [1.29, 1.82) is 0 Å². The summed E-state index contributed by atoms with van der Waals surface area (Å²) >= 11 is 1.68. The summed E-state index contributed by atoms with van der Waals surface area (Å²) in [6, 6.07) is 0. The van der Waals surface area contributed by atoms with Gasteiger partial charge in [-0.3, -0.25) is 4.79 Å². The van der Waals surface area contributed by atoms with E-state index in [2.05, 4.69) is 29.3 Å². The monoisotopic (exact) mass is 360 g/mol. The molecule has 0 saturated carbocycles. The van der Waals surface area contributed by atoms with E-state index in [1.165, 1.54) is 30.4 Å². The van der Waals surface area contributed by atoms with E-state index in [4.69, 9.17) is 4.74 Å². The molecular weight excluding hydrogens is 332 g/mol. The van der Waals surface area contributed by atoms with Crippen LogP contribution in [-0.2, 0) is 17.6 Å². The van der Waals surface area contributed by atoms with Gasteiger partial charge in [0.1, 0.15) is 0 Å². The van der Waals surface area contributed by atoms with Crippen LogP contribution in [0.15, 0.2) is 5.38 Å². The molecule has 1 spiro atoms. The van der Waals surface area contributed by atoms with Crippen LogP contribution in [0.3, 0.4) is 0 Å². The van der Waals surface area contributed by atoms with E-state index in [-0.39, 0.29) is 11.5 Å². The van der Waals surface area contributed by atoms with E-state index in [0.717, 1.165) is 43.8 Å². The first-order valence-corrected chi connectivity index (χ1v) is 10.7. The summed E-state index contributed by atoms with van der Waals surface area (Å²) in [6.45, 7) is 2.78. The number of fused-ring (bicyclic) bond motifs is 2. The van der Waals surface area contributed by atoms with Gasteiger partial charge in [-0.25, -0.2) is 0 Å². The van der Waals surface area contributed by atoms with Gasteiger partial charge < -0.3 is 14.5 Å². The van der Waals surface area contributed by atoms with Crippen LogP contribution in [0.25, 0.3) is 0 Å². The molecule has 4 nitrogen and oxygen atoms in total. The minimum absolute atomic E-state index is 0.0433. The van der Waals surface area contributed by atoms with Crippen LogP contribution in [0, 0.1) is 11.8 Å². The molecule has 1 aliphatic carbocycles. The van der Waals surface area contributed by atoms with E-state index in [1.807, 2.05) is 0 Å². The fraction of sp³-hybridized carbons (Fsp3) is 0.750. The molecule has 3 aliphatic heterocycles. The van der Waals surface area contributed by atoms with Gasteiger partial charge in [0.2, 0.25) is 0 Å². The van der Waals surface area contributed by atoms with E-state index in [1.54, 1.807) is 11.3 Å². The minimum Gasteiger partial charge on any atom is -0.369 e. The van der Waals surface area contributed by atoms with Crippen molar-refractivity contribution >= 4 is 17.2 Å². The highest BCUT2D eigenvalue weighted by Crippen LogP contribution is 2.55. The van der Waals surface area contributed by atoms with Crippen LogP contribution in [-0.4, -0.2) is 61.1 Å². The highest BCUT2D eigenvalue weighted by Gasteiger charge is 2.63. The predicted molar refractivity (Wildman–Crippen MR) is 99.2 cm³/mol. The zero-order chi connectivity index (χ0) is 17.2. The molecule has 2 bridgehead atoms. The number of carbonyl (C=O) groups excluding carboxylic acids is 1. The second kappa shape index (κ2) is 5.80. The van der Waals surface area contributed by atoms with Crippen LogP contribution >= 0.6 is 11.3 Å². The van der Waals surface area contributed by atoms with Gasteiger partial charge in [-0.1, -0.05) is 0 Å². The summed E-state index contributed by atoms with van der Waals surface area (Å²) in [7, 11) is 4.29. The van der Waals surface area contributed by atoms with E-state index < -0.39 is 0 Å². The van der Waals surface area contributed by atoms with Gasteiger partial charge >= 0.3 is 0 Å². The Balaban J connectivity index is 1.38. The number of likely N-dealkylation sites (tertiary alicyclic amines) is 1. The predicted octanol–water partition coefficient (Wildman–Crippen LogP) is 2.81. The molecular formula is C20H28N2O2S. The summed E-state index contributed by atoms with van der Waals surface area (Å²) in [5.74, 6) is 1.37. The quantitative estimate of drug-likeness (QED) is 0.831. The third-order valence-corrected chi connectivity index (χ3v) is 8.00. The van der Waals surface area contributed by atoms with Gasteiger partial charge in [-0.05, 0) is 69.1 Å². The summed E-state index contributed by atoms with van der Waals surface area (Å²) in [5, 5.41) is 2.23. The maximum Gasteiger partial charge on any atom is 0.264 e. The van der Waals surface area contributed by atoms with Gasteiger partial charge in [-0.2, -0.15) is 0 Å². The number of aryl methyl sites for hydroxylation is 1. The average molecular weight is 361 g/mol. The van der Waals surface area contributed by atoms with Crippen molar-refractivity contribution in [1.82, 2.24) is 9.80 Å². The van der Waals surface area contributed by atoms with Gasteiger partial charge in [0, 0.05) is 24.9 Å². The maximum absolute atomic E-state index is 13.3. The molecule has 3 saturated heterocycles. The third kappa shape index (κ3) is 2.42. The Morgan fingerprint density at radius 3 is 3.08 bits per heavy atom. The number of amides is 1. The number of rotatable bonds is 3. The second-order valence-electron chi connectivity index (χ2n) is 8.75. The number of thiophene rings is 1. The largest absolute Gasteiger partial charge is 0.369 e. The van der Waals surface area contributed by atoms with Gasteiger partial charge in [0.15, 0.2) is 0 Å². The lowest BCUT2D eigenvalue weighted by Crippen LogP contribution is -2.40. The first-order chi connectivity index (χ1) is 12.1. The fourth-order valence-electron chi connectivity index (χ4n) is 5.85. The molecule has 5 rings (SSSR count). The van der Waals surface area contributed by atoms with E-state index >= 15 is 0 Å². The molecule has 136 valence electrons. The molecule has 1 aromatic rings. The molecule has 0 radical (unpaired) electrons. The minimum atomic E-state index is -0.0433. The molecule has 3 fully saturated rings. The molecule has 4 atom stereocenters. The molecule has 0 aromatic carbocycles. The van der Waals surface area contributed by atoms with Crippen LogP contribution in [0.5, 0.6) is 0 Å². The van der Waals surface area contributed by atoms with Crippen molar-refractivity contribution in [2.45, 2.75) is 50.2 Å². The van der Waals surface area contributed by atoms with Gasteiger partial charge in [-0.15, -0.1) is 11.3 Å². The van der Waals surface area contributed by atoms with E-state index in [0.29, 0.717) is 17.9 Å². The standard InChI is InChI=1S/C20H28N2O2S/c1-21(2)9-15-16-10-22(12-20(16)8-7-17(15)24-20)19(23)18-14-6-4-3-5-13(14)11-25-18/h11,15-17H,3-10,12H2,1-2H3/t15-,16+,17+,20+/m0/s1. The molecule has 0 unspecified atom stereocenters. The normalized spacial score (nSPS) is 36.1.